The van der Waals surface area contributed by atoms with Crippen LogP contribution in [0.2, 0.25) is 0 Å². The zero-order valence-corrected chi connectivity index (χ0v) is 13.0. The number of benzene rings is 2. The molecule has 0 bridgehead atoms. The van der Waals surface area contributed by atoms with Crippen LogP contribution in [-0.2, 0) is 4.74 Å². The predicted octanol–water partition coefficient (Wildman–Crippen LogP) is 4.44. The van der Waals surface area contributed by atoms with Gasteiger partial charge in [0.15, 0.2) is 0 Å². The van der Waals surface area contributed by atoms with E-state index in [2.05, 4.69) is 4.74 Å². The minimum atomic E-state index is -4.76. The van der Waals surface area contributed by atoms with Crippen LogP contribution in [0.25, 0.3) is 11.1 Å². The van der Waals surface area contributed by atoms with Crippen LogP contribution >= 0.6 is 0 Å². The zero-order chi connectivity index (χ0) is 17.7. The molecule has 128 valence electrons. The van der Waals surface area contributed by atoms with E-state index in [1.165, 1.54) is 31.4 Å². The van der Waals surface area contributed by atoms with Crippen molar-refractivity contribution < 1.29 is 32.2 Å². The fourth-order valence-electron chi connectivity index (χ4n) is 2.12. The Morgan fingerprint density at radius 1 is 1.08 bits per heavy atom. The number of ether oxygens (including phenoxy) is 3. The summed E-state index contributed by atoms with van der Waals surface area (Å²) in [6.07, 6.45) is -4.76. The number of hydrogen-bond donors (Lipinski definition) is 0. The van der Waals surface area contributed by atoms with Gasteiger partial charge in [-0.2, -0.15) is 0 Å². The quantitative estimate of drug-likeness (QED) is 0.755. The van der Waals surface area contributed by atoms with E-state index in [1.54, 1.807) is 25.1 Å². The van der Waals surface area contributed by atoms with Crippen molar-refractivity contribution in [3.05, 3.63) is 48.0 Å². The standard InChI is InChI=1S/C17H15F3O4/c1-3-23-16(21)14-8-7-12(10-15(14)22-2)11-5-4-6-13(9-11)24-17(18,19)20/h4-10H,3H2,1-2H3. The lowest BCUT2D eigenvalue weighted by Gasteiger charge is -2.12. The number of halogens is 3. The van der Waals surface area contributed by atoms with Gasteiger partial charge < -0.3 is 14.2 Å². The highest BCUT2D eigenvalue weighted by atomic mass is 19.4. The molecule has 7 heteroatoms. The molecule has 0 aromatic heterocycles. The second-order valence-corrected chi connectivity index (χ2v) is 4.71. The van der Waals surface area contributed by atoms with Gasteiger partial charge in [0, 0.05) is 0 Å². The Hall–Kier alpha value is -2.70. The van der Waals surface area contributed by atoms with Crippen LogP contribution in [0.1, 0.15) is 17.3 Å². The lowest BCUT2D eigenvalue weighted by Crippen LogP contribution is -2.17. The van der Waals surface area contributed by atoms with Crippen LogP contribution in [-0.4, -0.2) is 26.0 Å². The van der Waals surface area contributed by atoms with Crippen LogP contribution in [0.5, 0.6) is 11.5 Å². The summed E-state index contributed by atoms with van der Waals surface area (Å²) >= 11 is 0. The SMILES string of the molecule is CCOC(=O)c1ccc(-c2cccc(OC(F)(F)F)c2)cc1OC. The highest BCUT2D eigenvalue weighted by Gasteiger charge is 2.31. The Morgan fingerprint density at radius 3 is 2.42 bits per heavy atom. The van der Waals surface area contributed by atoms with Gasteiger partial charge in [0.1, 0.15) is 17.1 Å². The highest BCUT2D eigenvalue weighted by Crippen LogP contribution is 2.31. The number of methoxy groups -OCH3 is 1. The molecular formula is C17H15F3O4. The largest absolute Gasteiger partial charge is 0.573 e. The van der Waals surface area contributed by atoms with E-state index in [1.807, 2.05) is 0 Å². The van der Waals surface area contributed by atoms with Gasteiger partial charge in [-0.15, -0.1) is 13.2 Å². The molecule has 0 aliphatic rings. The van der Waals surface area contributed by atoms with Crippen LogP contribution < -0.4 is 9.47 Å². The van der Waals surface area contributed by atoms with E-state index >= 15 is 0 Å². The van der Waals surface area contributed by atoms with Gasteiger partial charge in [-0.1, -0.05) is 18.2 Å². The molecule has 0 saturated carbocycles. The lowest BCUT2D eigenvalue weighted by atomic mass is 10.0. The first-order valence-corrected chi connectivity index (χ1v) is 7.05. The Balaban J connectivity index is 2.36. The number of esters is 1. The molecule has 0 N–H and O–H groups in total. The molecule has 0 amide bonds. The van der Waals surface area contributed by atoms with Crippen LogP contribution in [0.3, 0.4) is 0 Å². The third-order valence-corrected chi connectivity index (χ3v) is 3.10. The summed E-state index contributed by atoms with van der Waals surface area (Å²) < 4.78 is 51.0. The molecule has 0 saturated heterocycles. The molecule has 0 fully saturated rings. The molecule has 0 aliphatic heterocycles. The average molecular weight is 340 g/mol. The molecule has 0 atom stereocenters. The summed E-state index contributed by atoms with van der Waals surface area (Å²) in [6, 6.07) is 10.2. The van der Waals surface area contributed by atoms with Crippen molar-refractivity contribution in [3.63, 3.8) is 0 Å². The molecule has 0 heterocycles. The van der Waals surface area contributed by atoms with Gasteiger partial charge >= 0.3 is 12.3 Å². The van der Waals surface area contributed by atoms with Crippen molar-refractivity contribution in [2.24, 2.45) is 0 Å². The van der Waals surface area contributed by atoms with Crippen molar-refractivity contribution in [1.82, 2.24) is 0 Å². The van der Waals surface area contributed by atoms with Gasteiger partial charge in [0.2, 0.25) is 0 Å². The summed E-state index contributed by atoms with van der Waals surface area (Å²) in [5, 5.41) is 0. The monoisotopic (exact) mass is 340 g/mol. The lowest BCUT2D eigenvalue weighted by molar-refractivity contribution is -0.274. The third-order valence-electron chi connectivity index (χ3n) is 3.10. The van der Waals surface area contributed by atoms with Crippen LogP contribution in [0.4, 0.5) is 13.2 Å². The number of alkyl halides is 3. The van der Waals surface area contributed by atoms with Crippen LogP contribution in [0, 0.1) is 0 Å². The van der Waals surface area contributed by atoms with Gasteiger partial charge in [-0.3, -0.25) is 0 Å². The second kappa shape index (κ2) is 7.25. The van der Waals surface area contributed by atoms with E-state index in [0.29, 0.717) is 11.1 Å². The molecule has 0 aliphatic carbocycles. The molecule has 2 aromatic rings. The van der Waals surface area contributed by atoms with E-state index < -0.39 is 12.3 Å². The van der Waals surface area contributed by atoms with Crippen molar-refractivity contribution in [1.29, 1.82) is 0 Å². The number of rotatable bonds is 5. The summed E-state index contributed by atoms with van der Waals surface area (Å²) in [5.41, 5.74) is 1.31. The summed E-state index contributed by atoms with van der Waals surface area (Å²) in [4.78, 5) is 11.8. The number of carbonyl (C=O) groups excluding carboxylic acids is 1. The van der Waals surface area contributed by atoms with Gasteiger partial charge in [-0.05, 0) is 42.3 Å². The van der Waals surface area contributed by atoms with Crippen molar-refractivity contribution in [3.8, 4) is 22.6 Å². The number of hydrogen-bond acceptors (Lipinski definition) is 4. The van der Waals surface area contributed by atoms with E-state index in [4.69, 9.17) is 9.47 Å². The molecule has 24 heavy (non-hydrogen) atoms. The summed E-state index contributed by atoms with van der Waals surface area (Å²) in [6.45, 7) is 1.91. The minimum Gasteiger partial charge on any atom is -0.496 e. The summed E-state index contributed by atoms with van der Waals surface area (Å²) in [7, 11) is 1.39. The number of carbonyl (C=O) groups is 1. The first-order valence-electron chi connectivity index (χ1n) is 7.05. The fraction of sp³-hybridized carbons (Fsp3) is 0.235. The van der Waals surface area contributed by atoms with Crippen molar-refractivity contribution >= 4 is 5.97 Å². The Labute approximate surface area is 136 Å². The Kier molecular flexibility index (Phi) is 5.33. The first kappa shape index (κ1) is 17.7. The normalized spacial score (nSPS) is 11.0. The van der Waals surface area contributed by atoms with E-state index in [0.717, 1.165) is 0 Å². The average Bonchev–Trinajstić information content (AvgIpc) is 2.53. The Morgan fingerprint density at radius 2 is 1.79 bits per heavy atom. The predicted molar refractivity (Wildman–Crippen MR) is 81.1 cm³/mol. The smallest absolute Gasteiger partial charge is 0.496 e. The second-order valence-electron chi connectivity index (χ2n) is 4.71. The molecule has 2 rings (SSSR count). The summed E-state index contributed by atoms with van der Waals surface area (Å²) in [5.74, 6) is -0.586. The minimum absolute atomic E-state index is 0.223. The van der Waals surface area contributed by atoms with Crippen LogP contribution in [0.15, 0.2) is 42.5 Å². The maximum absolute atomic E-state index is 12.3. The zero-order valence-electron chi connectivity index (χ0n) is 13.0. The van der Waals surface area contributed by atoms with Gasteiger partial charge in [0.05, 0.1) is 13.7 Å². The molecule has 0 unspecified atom stereocenters. The Bertz CT molecular complexity index is 726. The molecule has 0 spiro atoms. The van der Waals surface area contributed by atoms with Crippen molar-refractivity contribution in [2.75, 3.05) is 13.7 Å². The molecule has 4 nitrogen and oxygen atoms in total. The maximum Gasteiger partial charge on any atom is 0.573 e. The van der Waals surface area contributed by atoms with Gasteiger partial charge in [0.25, 0.3) is 0 Å². The fourth-order valence-corrected chi connectivity index (χ4v) is 2.12. The molecule has 2 aromatic carbocycles. The first-order chi connectivity index (χ1) is 11.3. The van der Waals surface area contributed by atoms with Gasteiger partial charge in [-0.25, -0.2) is 4.79 Å². The molecule has 0 radical (unpaired) electrons. The topological polar surface area (TPSA) is 44.8 Å². The van der Waals surface area contributed by atoms with E-state index in [9.17, 15) is 18.0 Å². The third kappa shape index (κ3) is 4.41. The molecular weight excluding hydrogens is 325 g/mol. The van der Waals surface area contributed by atoms with Crippen molar-refractivity contribution in [2.45, 2.75) is 13.3 Å². The van der Waals surface area contributed by atoms with E-state index in [-0.39, 0.29) is 23.7 Å². The maximum atomic E-state index is 12.3. The highest BCUT2D eigenvalue weighted by molar-refractivity contribution is 5.93.